The fourth-order valence-corrected chi connectivity index (χ4v) is 3.93. The minimum atomic E-state index is 0.133. The number of phenols is 1. The molecule has 2 saturated heterocycles. The topological polar surface area (TPSA) is 58.1 Å². The predicted molar refractivity (Wildman–Crippen MR) is 100 cm³/mol. The second-order valence-corrected chi connectivity index (χ2v) is 7.09. The lowest BCUT2D eigenvalue weighted by Crippen LogP contribution is -2.38. The van der Waals surface area contributed by atoms with Gasteiger partial charge in [-0.05, 0) is 24.6 Å². The highest BCUT2D eigenvalue weighted by molar-refractivity contribution is 5.88. The van der Waals surface area contributed by atoms with Crippen LogP contribution in [0.2, 0.25) is 0 Å². The number of hydrogen-bond donors (Lipinski definition) is 1. The number of nitrogens with zero attached hydrogens (tertiary/aromatic N) is 3. The lowest BCUT2D eigenvalue weighted by molar-refractivity contribution is 0.0194. The van der Waals surface area contributed by atoms with E-state index in [0.29, 0.717) is 11.3 Å². The Labute approximate surface area is 154 Å². The molecule has 0 spiro atoms. The summed E-state index contributed by atoms with van der Waals surface area (Å²) in [5.74, 6) is 0.310. The third-order valence-corrected chi connectivity index (χ3v) is 5.52. The van der Waals surface area contributed by atoms with Crippen molar-refractivity contribution in [3.05, 3.63) is 35.5 Å². The van der Waals surface area contributed by atoms with Gasteiger partial charge in [0.2, 0.25) is 0 Å². The predicted octanol–water partition coefficient (Wildman–Crippen LogP) is 2.17. The maximum Gasteiger partial charge on any atom is 0.146 e. The van der Waals surface area contributed by atoms with Crippen LogP contribution in [0.15, 0.2) is 24.4 Å². The molecule has 1 N–H and O–H groups in total. The number of rotatable bonds is 4. The summed E-state index contributed by atoms with van der Waals surface area (Å²) in [6, 6.07) is 6.31. The van der Waals surface area contributed by atoms with E-state index in [0.717, 1.165) is 70.1 Å². The zero-order valence-electron chi connectivity index (χ0n) is 15.4. The highest BCUT2D eigenvalue weighted by Gasteiger charge is 2.24. The Kier molecular flexibility index (Phi) is 5.36. The maximum atomic E-state index is 10.9. The summed E-state index contributed by atoms with van der Waals surface area (Å²) in [4.78, 5) is 9.26. The van der Waals surface area contributed by atoms with E-state index in [-0.39, 0.29) is 6.04 Å². The summed E-state index contributed by atoms with van der Waals surface area (Å²) in [5, 5.41) is 12.0. The summed E-state index contributed by atoms with van der Waals surface area (Å²) >= 11 is 0. The molecule has 2 fully saturated rings. The van der Waals surface area contributed by atoms with Crippen LogP contribution in [0.3, 0.4) is 0 Å². The molecule has 1 atom stereocenters. The van der Waals surface area contributed by atoms with Crippen LogP contribution in [-0.4, -0.2) is 72.5 Å². The number of aromatic nitrogens is 1. The van der Waals surface area contributed by atoms with E-state index in [2.05, 4.69) is 33.8 Å². The highest BCUT2D eigenvalue weighted by atomic mass is 16.5. The average molecular weight is 357 g/mol. The first-order chi connectivity index (χ1) is 12.7. The third-order valence-electron chi connectivity index (χ3n) is 5.52. The van der Waals surface area contributed by atoms with Crippen molar-refractivity contribution < 1.29 is 14.6 Å². The van der Waals surface area contributed by atoms with Gasteiger partial charge in [-0.15, -0.1) is 0 Å². The summed E-state index contributed by atoms with van der Waals surface area (Å²) in [5.41, 5.74) is 2.89. The molecule has 0 bridgehead atoms. The molecule has 2 aliphatic heterocycles. The monoisotopic (exact) mass is 357 g/mol. The SMILES string of the molecule is CC(c1cc(CN2CCOCC2)c2cccnc2c1O)N1CCOCC1. The van der Waals surface area contributed by atoms with Crippen LogP contribution in [0.25, 0.3) is 10.9 Å². The van der Waals surface area contributed by atoms with E-state index in [1.54, 1.807) is 6.20 Å². The van der Waals surface area contributed by atoms with Gasteiger partial charge in [-0.1, -0.05) is 6.07 Å². The molecule has 0 saturated carbocycles. The van der Waals surface area contributed by atoms with Crippen LogP contribution in [0.4, 0.5) is 0 Å². The molecular formula is C20H27N3O3. The van der Waals surface area contributed by atoms with E-state index < -0.39 is 0 Å². The number of aromatic hydroxyl groups is 1. The van der Waals surface area contributed by atoms with E-state index in [1.165, 1.54) is 5.56 Å². The number of fused-ring (bicyclic) bond motifs is 1. The molecule has 1 unspecified atom stereocenters. The van der Waals surface area contributed by atoms with E-state index in [4.69, 9.17) is 9.47 Å². The van der Waals surface area contributed by atoms with Gasteiger partial charge in [-0.3, -0.25) is 14.8 Å². The molecule has 4 rings (SSSR count). The van der Waals surface area contributed by atoms with E-state index in [1.807, 2.05) is 6.07 Å². The normalized spacial score (nSPS) is 21.1. The number of morpholine rings is 2. The van der Waals surface area contributed by atoms with Crippen LogP contribution >= 0.6 is 0 Å². The average Bonchev–Trinajstić information content (AvgIpc) is 2.71. The number of pyridine rings is 1. The van der Waals surface area contributed by atoms with Crippen molar-refractivity contribution in [2.45, 2.75) is 19.5 Å². The fraction of sp³-hybridized carbons (Fsp3) is 0.550. The van der Waals surface area contributed by atoms with Crippen LogP contribution in [0.1, 0.15) is 24.1 Å². The summed E-state index contributed by atoms with van der Waals surface area (Å²) in [7, 11) is 0. The molecule has 1 aromatic heterocycles. The van der Waals surface area contributed by atoms with Crippen molar-refractivity contribution >= 4 is 10.9 Å². The van der Waals surface area contributed by atoms with Crippen LogP contribution in [0, 0.1) is 0 Å². The molecule has 26 heavy (non-hydrogen) atoms. The molecule has 2 aliphatic rings. The second-order valence-electron chi connectivity index (χ2n) is 7.09. The summed E-state index contributed by atoms with van der Waals surface area (Å²) in [6.45, 7) is 9.74. The van der Waals surface area contributed by atoms with Crippen molar-refractivity contribution in [2.75, 3.05) is 52.6 Å². The summed E-state index contributed by atoms with van der Waals surface area (Å²) < 4.78 is 10.9. The Morgan fingerprint density at radius 3 is 2.54 bits per heavy atom. The van der Waals surface area contributed by atoms with Crippen molar-refractivity contribution in [1.29, 1.82) is 0 Å². The number of ether oxygens (including phenoxy) is 2. The van der Waals surface area contributed by atoms with Gasteiger partial charge in [0.25, 0.3) is 0 Å². The van der Waals surface area contributed by atoms with Gasteiger partial charge in [0.05, 0.1) is 26.4 Å². The quantitative estimate of drug-likeness (QED) is 0.905. The van der Waals surface area contributed by atoms with Crippen molar-refractivity contribution in [3.8, 4) is 5.75 Å². The Hall–Kier alpha value is -1.73. The van der Waals surface area contributed by atoms with Crippen LogP contribution in [0.5, 0.6) is 5.75 Å². The molecule has 3 heterocycles. The standard InChI is InChI=1S/C20H27N3O3/c1-15(23-7-11-26-12-8-23)18-13-16(14-22-5-9-25-10-6-22)17-3-2-4-21-19(17)20(18)24/h2-4,13,15,24H,5-12,14H2,1H3. The maximum absolute atomic E-state index is 10.9. The smallest absolute Gasteiger partial charge is 0.146 e. The van der Waals surface area contributed by atoms with E-state index >= 15 is 0 Å². The molecule has 6 heteroatoms. The molecule has 0 amide bonds. The molecule has 2 aromatic rings. The molecule has 1 aromatic carbocycles. The minimum Gasteiger partial charge on any atom is -0.505 e. The fourth-order valence-electron chi connectivity index (χ4n) is 3.93. The van der Waals surface area contributed by atoms with Crippen molar-refractivity contribution in [3.63, 3.8) is 0 Å². The molecule has 140 valence electrons. The molecular weight excluding hydrogens is 330 g/mol. The number of phenolic OH excluding ortho intramolecular Hbond substituents is 1. The first-order valence-corrected chi connectivity index (χ1v) is 9.45. The van der Waals surface area contributed by atoms with Crippen LogP contribution in [-0.2, 0) is 16.0 Å². The third kappa shape index (κ3) is 3.55. The largest absolute Gasteiger partial charge is 0.505 e. The number of hydrogen-bond acceptors (Lipinski definition) is 6. The van der Waals surface area contributed by atoms with Gasteiger partial charge in [0.15, 0.2) is 0 Å². The van der Waals surface area contributed by atoms with Gasteiger partial charge in [0.1, 0.15) is 11.3 Å². The Morgan fingerprint density at radius 1 is 1.12 bits per heavy atom. The van der Waals surface area contributed by atoms with Crippen LogP contribution < -0.4 is 0 Å². The molecule has 0 radical (unpaired) electrons. The Balaban J connectivity index is 1.71. The van der Waals surface area contributed by atoms with Gasteiger partial charge in [-0.2, -0.15) is 0 Å². The lowest BCUT2D eigenvalue weighted by Gasteiger charge is -2.33. The Morgan fingerprint density at radius 2 is 1.81 bits per heavy atom. The van der Waals surface area contributed by atoms with Gasteiger partial charge in [-0.25, -0.2) is 0 Å². The van der Waals surface area contributed by atoms with Gasteiger partial charge < -0.3 is 14.6 Å². The summed E-state index contributed by atoms with van der Waals surface area (Å²) in [6.07, 6.45) is 1.75. The number of benzene rings is 1. The van der Waals surface area contributed by atoms with Gasteiger partial charge in [0, 0.05) is 55.9 Å². The lowest BCUT2D eigenvalue weighted by atomic mass is 9.97. The zero-order valence-corrected chi connectivity index (χ0v) is 15.4. The van der Waals surface area contributed by atoms with Crippen molar-refractivity contribution in [1.82, 2.24) is 14.8 Å². The van der Waals surface area contributed by atoms with Crippen molar-refractivity contribution in [2.24, 2.45) is 0 Å². The van der Waals surface area contributed by atoms with Gasteiger partial charge >= 0.3 is 0 Å². The first-order valence-electron chi connectivity index (χ1n) is 9.45. The second kappa shape index (κ2) is 7.88. The molecule has 0 aliphatic carbocycles. The minimum absolute atomic E-state index is 0.133. The zero-order chi connectivity index (χ0) is 17.9. The Bertz CT molecular complexity index is 755. The highest BCUT2D eigenvalue weighted by Crippen LogP contribution is 2.36. The van der Waals surface area contributed by atoms with E-state index in [9.17, 15) is 5.11 Å². The molecule has 6 nitrogen and oxygen atoms in total. The first kappa shape index (κ1) is 17.7.